The molecule has 1 atom stereocenters. The molecule has 7 heteroatoms. The highest BCUT2D eigenvalue weighted by atomic mass is 16.5. The zero-order chi connectivity index (χ0) is 16.7. The van der Waals surface area contributed by atoms with Gasteiger partial charge in [0.25, 0.3) is 5.91 Å². The number of nitrogens with zero attached hydrogens (tertiary/aromatic N) is 3. The summed E-state index contributed by atoms with van der Waals surface area (Å²) in [6.07, 6.45) is 1.78. The summed E-state index contributed by atoms with van der Waals surface area (Å²) in [5, 5.41) is 11.3. The third-order valence-electron chi connectivity index (χ3n) is 3.97. The maximum Gasteiger partial charge on any atom is 0.267 e. The minimum Gasteiger partial charge on any atom is -0.438 e. The molecule has 120 valence electrons. The second-order valence-corrected chi connectivity index (χ2v) is 5.55. The molecule has 1 amide bonds. The molecule has 0 spiro atoms. The van der Waals surface area contributed by atoms with Crippen LogP contribution in [-0.4, -0.2) is 27.1 Å². The topological polar surface area (TPSA) is 102 Å². The summed E-state index contributed by atoms with van der Waals surface area (Å²) in [4.78, 5) is 20.1. The van der Waals surface area contributed by atoms with Gasteiger partial charge in [0.15, 0.2) is 0 Å². The zero-order valence-corrected chi connectivity index (χ0v) is 12.6. The van der Waals surface area contributed by atoms with E-state index in [1.165, 1.54) is 6.33 Å². The van der Waals surface area contributed by atoms with Crippen LogP contribution in [0.15, 0.2) is 48.8 Å². The van der Waals surface area contributed by atoms with Crippen LogP contribution in [0.4, 0.5) is 5.69 Å². The predicted molar refractivity (Wildman–Crippen MR) is 87.0 cm³/mol. The molecule has 0 aliphatic carbocycles. The lowest BCUT2D eigenvalue weighted by molar-refractivity contribution is -0.125. The molecule has 0 saturated carbocycles. The molecule has 4 rings (SSSR count). The average Bonchev–Trinajstić information content (AvgIpc) is 2.60. The van der Waals surface area contributed by atoms with Crippen molar-refractivity contribution in [1.29, 1.82) is 0 Å². The van der Waals surface area contributed by atoms with Gasteiger partial charge in [0.2, 0.25) is 5.88 Å². The summed E-state index contributed by atoms with van der Waals surface area (Å²) in [6.45, 7) is 0. The van der Waals surface area contributed by atoms with Gasteiger partial charge in [-0.1, -0.05) is 12.1 Å². The fourth-order valence-corrected chi connectivity index (χ4v) is 2.77. The lowest BCUT2D eigenvalue weighted by Crippen LogP contribution is -2.47. The number of hydroxylamine groups is 1. The second kappa shape index (κ2) is 5.55. The summed E-state index contributed by atoms with van der Waals surface area (Å²) in [5.41, 5.74) is 7.69. The van der Waals surface area contributed by atoms with E-state index in [1.807, 2.05) is 24.3 Å². The molecule has 2 aromatic carbocycles. The highest BCUT2D eigenvalue weighted by Crippen LogP contribution is 2.32. The van der Waals surface area contributed by atoms with Crippen molar-refractivity contribution in [3.8, 4) is 11.6 Å². The molecule has 0 fully saturated rings. The number of ether oxygens (including phenoxy) is 1. The number of fused-ring (bicyclic) bond motifs is 2. The van der Waals surface area contributed by atoms with E-state index in [4.69, 9.17) is 10.5 Å². The van der Waals surface area contributed by atoms with E-state index >= 15 is 0 Å². The van der Waals surface area contributed by atoms with Gasteiger partial charge in [-0.25, -0.2) is 9.97 Å². The van der Waals surface area contributed by atoms with Crippen LogP contribution in [-0.2, 0) is 11.2 Å². The van der Waals surface area contributed by atoms with Gasteiger partial charge in [0, 0.05) is 0 Å². The number of benzene rings is 2. The average molecular weight is 322 g/mol. The molecule has 24 heavy (non-hydrogen) atoms. The molecule has 1 aliphatic rings. The summed E-state index contributed by atoms with van der Waals surface area (Å²) < 4.78 is 5.88. The maximum atomic E-state index is 11.7. The van der Waals surface area contributed by atoms with Crippen molar-refractivity contribution in [2.24, 2.45) is 5.73 Å². The SMILES string of the molecule is NC1Cc2cc(Oc3ncnc4ccccc34)ccc2N(O)C1=O. The van der Waals surface area contributed by atoms with Crippen molar-refractivity contribution in [3.63, 3.8) is 0 Å². The van der Waals surface area contributed by atoms with Crippen molar-refractivity contribution in [3.05, 3.63) is 54.4 Å². The van der Waals surface area contributed by atoms with E-state index < -0.39 is 11.9 Å². The Bertz CT molecular complexity index is 939. The van der Waals surface area contributed by atoms with Gasteiger partial charge in [-0.05, 0) is 42.3 Å². The van der Waals surface area contributed by atoms with E-state index in [-0.39, 0.29) is 0 Å². The first-order valence-electron chi connectivity index (χ1n) is 7.42. The minimum absolute atomic E-state index is 0.340. The highest BCUT2D eigenvalue weighted by Gasteiger charge is 2.29. The zero-order valence-electron chi connectivity index (χ0n) is 12.6. The molecule has 1 aliphatic heterocycles. The van der Waals surface area contributed by atoms with Gasteiger partial charge in [-0.3, -0.25) is 10.0 Å². The lowest BCUT2D eigenvalue weighted by atomic mass is 9.99. The highest BCUT2D eigenvalue weighted by molar-refractivity contribution is 5.98. The minimum atomic E-state index is -0.766. The molecular weight excluding hydrogens is 308 g/mol. The molecular formula is C17H14N4O3. The number of aromatic nitrogens is 2. The van der Waals surface area contributed by atoms with Crippen LogP contribution in [0.1, 0.15) is 5.56 Å². The number of nitrogens with two attached hydrogens (primary N) is 1. The fourth-order valence-electron chi connectivity index (χ4n) is 2.77. The van der Waals surface area contributed by atoms with E-state index in [0.717, 1.165) is 16.5 Å². The van der Waals surface area contributed by atoms with Crippen LogP contribution in [0.3, 0.4) is 0 Å². The molecule has 1 aromatic heterocycles. The summed E-state index contributed by atoms with van der Waals surface area (Å²) in [6, 6.07) is 11.8. The normalized spacial score (nSPS) is 17.0. The number of carbonyl (C=O) groups excluding carboxylic acids is 1. The standard InChI is InChI=1S/C17H14N4O3/c18-13-8-10-7-11(5-6-15(10)21(23)17(13)22)24-16-12-3-1-2-4-14(12)19-9-20-16/h1-7,9,13,23H,8,18H2. The first-order valence-corrected chi connectivity index (χ1v) is 7.42. The van der Waals surface area contributed by atoms with Gasteiger partial charge in [0.1, 0.15) is 12.1 Å². The Morgan fingerprint density at radius 1 is 1.21 bits per heavy atom. The van der Waals surface area contributed by atoms with Crippen LogP contribution in [0, 0.1) is 0 Å². The quantitative estimate of drug-likeness (QED) is 0.700. The van der Waals surface area contributed by atoms with Crippen molar-refractivity contribution >= 4 is 22.5 Å². The van der Waals surface area contributed by atoms with Gasteiger partial charge >= 0.3 is 0 Å². The van der Waals surface area contributed by atoms with Gasteiger partial charge in [-0.2, -0.15) is 5.06 Å². The smallest absolute Gasteiger partial charge is 0.267 e. The van der Waals surface area contributed by atoms with Gasteiger partial charge < -0.3 is 10.5 Å². The number of para-hydroxylation sites is 1. The Balaban J connectivity index is 1.71. The van der Waals surface area contributed by atoms with E-state index in [2.05, 4.69) is 9.97 Å². The van der Waals surface area contributed by atoms with Crippen LogP contribution in [0.2, 0.25) is 0 Å². The molecule has 0 radical (unpaired) electrons. The monoisotopic (exact) mass is 322 g/mol. The van der Waals surface area contributed by atoms with Gasteiger partial charge in [0.05, 0.1) is 22.6 Å². The number of anilines is 1. The largest absolute Gasteiger partial charge is 0.438 e. The third-order valence-corrected chi connectivity index (χ3v) is 3.97. The van der Waals surface area contributed by atoms with Crippen molar-refractivity contribution in [2.75, 3.05) is 5.06 Å². The fraction of sp³-hybridized carbons (Fsp3) is 0.118. The van der Waals surface area contributed by atoms with Crippen LogP contribution >= 0.6 is 0 Å². The molecule has 0 saturated heterocycles. The van der Waals surface area contributed by atoms with Crippen molar-refractivity contribution in [2.45, 2.75) is 12.5 Å². The van der Waals surface area contributed by atoms with Crippen molar-refractivity contribution in [1.82, 2.24) is 9.97 Å². The number of hydrogen-bond acceptors (Lipinski definition) is 6. The van der Waals surface area contributed by atoms with Gasteiger partial charge in [-0.15, -0.1) is 0 Å². The Morgan fingerprint density at radius 3 is 2.92 bits per heavy atom. The summed E-state index contributed by atoms with van der Waals surface area (Å²) in [7, 11) is 0. The third kappa shape index (κ3) is 2.36. The number of amides is 1. The van der Waals surface area contributed by atoms with E-state index in [9.17, 15) is 10.0 Å². The number of hydrogen-bond donors (Lipinski definition) is 2. The summed E-state index contributed by atoms with van der Waals surface area (Å²) >= 11 is 0. The number of rotatable bonds is 2. The maximum absolute atomic E-state index is 11.7. The predicted octanol–water partition coefficient (Wildman–Crippen LogP) is 2.03. The molecule has 3 N–H and O–H groups in total. The Labute approximate surface area is 137 Å². The Hall–Kier alpha value is -3.03. The van der Waals surface area contributed by atoms with Crippen LogP contribution in [0.5, 0.6) is 11.6 Å². The first-order chi connectivity index (χ1) is 11.6. The Morgan fingerprint density at radius 2 is 2.04 bits per heavy atom. The molecule has 3 aromatic rings. The van der Waals surface area contributed by atoms with E-state index in [1.54, 1.807) is 18.2 Å². The molecule has 7 nitrogen and oxygen atoms in total. The Kier molecular flexibility index (Phi) is 3.37. The lowest BCUT2D eigenvalue weighted by Gasteiger charge is -2.27. The summed E-state index contributed by atoms with van der Waals surface area (Å²) in [5.74, 6) is 0.475. The molecule has 1 unspecified atom stereocenters. The van der Waals surface area contributed by atoms with Crippen LogP contribution < -0.4 is 15.5 Å². The molecule has 0 bridgehead atoms. The first kappa shape index (κ1) is 14.6. The second-order valence-electron chi connectivity index (χ2n) is 5.55. The molecule has 2 heterocycles. The number of carbonyl (C=O) groups is 1. The van der Waals surface area contributed by atoms with E-state index in [0.29, 0.717) is 28.8 Å². The van der Waals surface area contributed by atoms with Crippen LogP contribution in [0.25, 0.3) is 10.9 Å². The van der Waals surface area contributed by atoms with Crippen molar-refractivity contribution < 1.29 is 14.7 Å².